The summed E-state index contributed by atoms with van der Waals surface area (Å²) < 4.78 is 5.75. The number of anilines is 1. The predicted molar refractivity (Wildman–Crippen MR) is 98.7 cm³/mol. The maximum Gasteiger partial charge on any atom is 0.321 e. The Hall–Kier alpha value is -3.51. The van der Waals surface area contributed by atoms with Crippen LogP contribution >= 0.6 is 0 Å². The van der Waals surface area contributed by atoms with Crippen molar-refractivity contribution in [3.63, 3.8) is 0 Å². The Morgan fingerprint density at radius 2 is 1.65 bits per heavy atom. The lowest BCUT2D eigenvalue weighted by Crippen LogP contribution is -2.38. The number of carbonyl (C=O) groups excluding carboxylic acids is 1. The summed E-state index contributed by atoms with van der Waals surface area (Å²) in [7, 11) is 1.66. The van der Waals surface area contributed by atoms with Crippen LogP contribution in [0.15, 0.2) is 48.5 Å². The van der Waals surface area contributed by atoms with Crippen LogP contribution in [-0.2, 0) is 6.42 Å². The van der Waals surface area contributed by atoms with E-state index in [0.717, 1.165) is 5.56 Å². The number of hydrogen-bond acceptors (Lipinski definition) is 4. The van der Waals surface area contributed by atoms with Gasteiger partial charge in [0.15, 0.2) is 0 Å². The van der Waals surface area contributed by atoms with Crippen molar-refractivity contribution >= 4 is 11.7 Å². The van der Waals surface area contributed by atoms with Gasteiger partial charge in [0.25, 0.3) is 0 Å². The van der Waals surface area contributed by atoms with Crippen LogP contribution in [0, 0.1) is 22.7 Å². The van der Waals surface area contributed by atoms with Gasteiger partial charge in [-0.05, 0) is 48.9 Å². The summed E-state index contributed by atoms with van der Waals surface area (Å²) in [6, 6.07) is 18.1. The second kappa shape index (κ2) is 9.10. The SMILES string of the molecule is CC(CC#N)N(C)C(=O)Nc1ccc(Oc2ccc(CC#N)cc2)cc1. The Balaban J connectivity index is 1.94. The molecule has 0 aliphatic carbocycles. The smallest absolute Gasteiger partial charge is 0.321 e. The molecule has 0 spiro atoms. The van der Waals surface area contributed by atoms with Crippen LogP contribution in [0.1, 0.15) is 18.9 Å². The van der Waals surface area contributed by atoms with Gasteiger partial charge in [-0.1, -0.05) is 12.1 Å². The fraction of sp³-hybridized carbons (Fsp3) is 0.250. The molecule has 2 amide bonds. The molecule has 0 heterocycles. The maximum atomic E-state index is 12.1. The van der Waals surface area contributed by atoms with E-state index in [0.29, 0.717) is 23.6 Å². The van der Waals surface area contributed by atoms with Crippen molar-refractivity contribution in [3.05, 3.63) is 54.1 Å². The molecule has 0 bridgehead atoms. The molecule has 0 aliphatic heterocycles. The first-order valence-electron chi connectivity index (χ1n) is 8.18. The normalized spacial score (nSPS) is 10.9. The molecular weight excluding hydrogens is 328 g/mol. The zero-order chi connectivity index (χ0) is 18.9. The van der Waals surface area contributed by atoms with Crippen LogP contribution in [0.4, 0.5) is 10.5 Å². The lowest BCUT2D eigenvalue weighted by atomic mass is 10.2. The number of benzene rings is 2. The number of ether oxygens (including phenoxy) is 1. The Morgan fingerprint density at radius 1 is 1.08 bits per heavy atom. The van der Waals surface area contributed by atoms with E-state index < -0.39 is 0 Å². The van der Waals surface area contributed by atoms with Gasteiger partial charge >= 0.3 is 6.03 Å². The largest absolute Gasteiger partial charge is 0.457 e. The van der Waals surface area contributed by atoms with Crippen molar-refractivity contribution in [1.29, 1.82) is 10.5 Å². The molecule has 0 aliphatic rings. The first kappa shape index (κ1) is 18.8. The molecule has 0 aromatic heterocycles. The number of carbonyl (C=O) groups is 1. The van der Waals surface area contributed by atoms with Crippen LogP contribution < -0.4 is 10.1 Å². The van der Waals surface area contributed by atoms with Crippen molar-refractivity contribution in [2.75, 3.05) is 12.4 Å². The fourth-order valence-electron chi connectivity index (χ4n) is 2.19. The monoisotopic (exact) mass is 348 g/mol. The van der Waals surface area contributed by atoms with E-state index in [-0.39, 0.29) is 18.5 Å². The number of urea groups is 1. The molecule has 26 heavy (non-hydrogen) atoms. The van der Waals surface area contributed by atoms with E-state index in [1.165, 1.54) is 4.90 Å². The minimum atomic E-state index is -0.269. The summed E-state index contributed by atoms with van der Waals surface area (Å²) in [6.45, 7) is 1.82. The number of nitrogens with zero attached hydrogens (tertiary/aromatic N) is 3. The summed E-state index contributed by atoms with van der Waals surface area (Å²) in [5.74, 6) is 1.32. The number of nitrogens with one attached hydrogen (secondary N) is 1. The summed E-state index contributed by atoms with van der Waals surface area (Å²) in [5, 5.41) is 20.2. The summed E-state index contributed by atoms with van der Waals surface area (Å²) in [4.78, 5) is 13.6. The van der Waals surface area contributed by atoms with Crippen LogP contribution in [0.2, 0.25) is 0 Å². The Morgan fingerprint density at radius 3 is 2.19 bits per heavy atom. The van der Waals surface area contributed by atoms with E-state index in [1.54, 1.807) is 31.3 Å². The number of amides is 2. The quantitative estimate of drug-likeness (QED) is 0.842. The molecule has 1 N–H and O–H groups in total. The van der Waals surface area contributed by atoms with Gasteiger partial charge in [0.05, 0.1) is 25.0 Å². The van der Waals surface area contributed by atoms with Gasteiger partial charge in [0.1, 0.15) is 11.5 Å². The van der Waals surface area contributed by atoms with Crippen LogP contribution in [0.25, 0.3) is 0 Å². The highest BCUT2D eigenvalue weighted by Crippen LogP contribution is 2.23. The van der Waals surface area contributed by atoms with Gasteiger partial charge < -0.3 is 15.0 Å². The Bertz CT molecular complexity index is 817. The molecule has 0 radical (unpaired) electrons. The van der Waals surface area contributed by atoms with Crippen molar-refractivity contribution in [1.82, 2.24) is 4.90 Å². The average molecular weight is 348 g/mol. The summed E-state index contributed by atoms with van der Waals surface area (Å²) in [5.41, 5.74) is 1.58. The minimum Gasteiger partial charge on any atom is -0.457 e. The summed E-state index contributed by atoms with van der Waals surface area (Å²) >= 11 is 0. The highest BCUT2D eigenvalue weighted by atomic mass is 16.5. The third-order valence-corrected chi connectivity index (χ3v) is 3.92. The lowest BCUT2D eigenvalue weighted by Gasteiger charge is -2.23. The minimum absolute atomic E-state index is 0.161. The van der Waals surface area contributed by atoms with Crippen LogP contribution in [0.5, 0.6) is 11.5 Å². The molecule has 0 saturated heterocycles. The molecule has 1 unspecified atom stereocenters. The Kier molecular flexibility index (Phi) is 6.59. The number of hydrogen-bond donors (Lipinski definition) is 1. The zero-order valence-corrected chi connectivity index (χ0v) is 14.8. The molecule has 2 rings (SSSR count). The zero-order valence-electron chi connectivity index (χ0n) is 14.8. The standard InChI is InChI=1S/C20H20N4O2/c1-15(11-13-21)24(2)20(25)23-17-5-9-19(10-6-17)26-18-7-3-16(4-8-18)12-14-22/h3-10,15H,11-12H2,1-2H3,(H,23,25). The molecule has 1 atom stereocenters. The maximum absolute atomic E-state index is 12.1. The fourth-order valence-corrected chi connectivity index (χ4v) is 2.19. The van der Waals surface area contributed by atoms with E-state index in [2.05, 4.69) is 17.5 Å². The topological polar surface area (TPSA) is 89.2 Å². The highest BCUT2D eigenvalue weighted by molar-refractivity contribution is 5.89. The van der Waals surface area contributed by atoms with E-state index >= 15 is 0 Å². The molecular formula is C20H20N4O2. The van der Waals surface area contributed by atoms with Crippen molar-refractivity contribution in [3.8, 4) is 23.6 Å². The molecule has 6 heteroatoms. The van der Waals surface area contributed by atoms with Crippen LogP contribution in [-0.4, -0.2) is 24.0 Å². The third-order valence-electron chi connectivity index (χ3n) is 3.92. The van der Waals surface area contributed by atoms with E-state index in [4.69, 9.17) is 15.3 Å². The van der Waals surface area contributed by atoms with E-state index in [9.17, 15) is 4.79 Å². The second-order valence-corrected chi connectivity index (χ2v) is 5.86. The van der Waals surface area contributed by atoms with Crippen LogP contribution in [0.3, 0.4) is 0 Å². The van der Waals surface area contributed by atoms with Gasteiger partial charge in [-0.3, -0.25) is 0 Å². The number of rotatable bonds is 6. The molecule has 2 aromatic carbocycles. The first-order valence-corrected chi connectivity index (χ1v) is 8.18. The molecule has 0 fully saturated rings. The van der Waals surface area contributed by atoms with Gasteiger partial charge in [-0.2, -0.15) is 10.5 Å². The first-order chi connectivity index (χ1) is 12.5. The van der Waals surface area contributed by atoms with Crippen molar-refractivity contribution < 1.29 is 9.53 Å². The number of nitriles is 2. The molecule has 6 nitrogen and oxygen atoms in total. The predicted octanol–water partition coefficient (Wildman–Crippen LogP) is 4.31. The van der Waals surface area contributed by atoms with Gasteiger partial charge in [-0.15, -0.1) is 0 Å². The average Bonchev–Trinajstić information content (AvgIpc) is 2.64. The summed E-state index contributed by atoms with van der Waals surface area (Å²) in [6.07, 6.45) is 0.653. The third kappa shape index (κ3) is 5.25. The Labute approximate surface area is 153 Å². The van der Waals surface area contributed by atoms with Gasteiger partial charge in [0, 0.05) is 18.8 Å². The molecule has 0 saturated carbocycles. The van der Waals surface area contributed by atoms with Gasteiger partial charge in [0.2, 0.25) is 0 Å². The molecule has 132 valence electrons. The second-order valence-electron chi connectivity index (χ2n) is 5.86. The van der Waals surface area contributed by atoms with Crippen molar-refractivity contribution in [2.24, 2.45) is 0 Å². The van der Waals surface area contributed by atoms with E-state index in [1.807, 2.05) is 31.2 Å². The lowest BCUT2D eigenvalue weighted by molar-refractivity contribution is 0.208. The van der Waals surface area contributed by atoms with Gasteiger partial charge in [-0.25, -0.2) is 4.79 Å². The highest BCUT2D eigenvalue weighted by Gasteiger charge is 2.15. The molecule has 2 aromatic rings. The van der Waals surface area contributed by atoms with Crippen molar-refractivity contribution in [2.45, 2.75) is 25.8 Å².